The summed E-state index contributed by atoms with van der Waals surface area (Å²) in [6.07, 6.45) is -12.5. The van der Waals surface area contributed by atoms with Gasteiger partial charge in [-0.05, 0) is 51.2 Å². The molecule has 0 spiro atoms. The van der Waals surface area contributed by atoms with Crippen LogP contribution in [0, 0.1) is 5.41 Å². The maximum atomic E-state index is 13.8. The first kappa shape index (κ1) is 31.0. The fourth-order valence-corrected chi connectivity index (χ4v) is 7.26. The number of likely N-dealkylation sites (tertiary alicyclic amines) is 1. The lowest BCUT2D eigenvalue weighted by molar-refractivity contribution is -0.199. The van der Waals surface area contributed by atoms with Gasteiger partial charge < -0.3 is 20.7 Å². The van der Waals surface area contributed by atoms with Crippen molar-refractivity contribution in [2.24, 2.45) is 11.1 Å². The zero-order chi connectivity index (χ0) is 30.1. The second-order valence-corrected chi connectivity index (χ2v) is 13.6. The Hall–Kier alpha value is -1.91. The van der Waals surface area contributed by atoms with Gasteiger partial charge in [0.1, 0.15) is 17.2 Å². The third-order valence-electron chi connectivity index (χ3n) is 7.68. The van der Waals surface area contributed by atoms with Crippen LogP contribution in [0.25, 0.3) is 0 Å². The van der Waals surface area contributed by atoms with E-state index in [1.165, 1.54) is 0 Å². The number of hydrogen-bond donors (Lipinski definition) is 3. The van der Waals surface area contributed by atoms with E-state index in [1.807, 2.05) is 0 Å². The van der Waals surface area contributed by atoms with Gasteiger partial charge in [-0.3, -0.25) is 9.59 Å². The molecule has 2 aliphatic carbocycles. The molecule has 1 aromatic rings. The number of thiol groups is 1. The van der Waals surface area contributed by atoms with Gasteiger partial charge in [0.05, 0.1) is 26.1 Å². The van der Waals surface area contributed by atoms with Gasteiger partial charge in [-0.25, -0.2) is 8.42 Å². The second kappa shape index (κ2) is 10.1. The van der Waals surface area contributed by atoms with Crippen molar-refractivity contribution in [3.05, 3.63) is 23.2 Å². The van der Waals surface area contributed by atoms with Gasteiger partial charge in [0.15, 0.2) is 15.9 Å². The van der Waals surface area contributed by atoms with Gasteiger partial charge in [0, 0.05) is 12.6 Å². The maximum Gasteiger partial charge on any atom is 0.425 e. The summed E-state index contributed by atoms with van der Waals surface area (Å²) < 4.78 is 112. The minimum atomic E-state index is -4.90. The molecule has 1 aromatic carbocycles. The molecular weight excluding hydrogens is 612 g/mol. The first-order valence-electron chi connectivity index (χ1n) is 12.2. The van der Waals surface area contributed by atoms with Crippen molar-refractivity contribution in [1.82, 2.24) is 10.2 Å². The van der Waals surface area contributed by atoms with E-state index in [1.54, 1.807) is 0 Å². The molecule has 0 aromatic heterocycles. The van der Waals surface area contributed by atoms with Gasteiger partial charge in [-0.15, -0.1) is 0 Å². The molecule has 3 N–H and O–H groups in total. The summed E-state index contributed by atoms with van der Waals surface area (Å²) in [5.74, 6) is -2.62. The zero-order valence-electron chi connectivity index (χ0n) is 20.9. The topological polar surface area (TPSA) is 119 Å². The lowest BCUT2D eigenvalue weighted by atomic mass is 10.0. The zero-order valence-corrected chi connectivity index (χ0v) is 23.3. The minimum absolute atomic E-state index is 0.368. The summed E-state index contributed by atoms with van der Waals surface area (Å²) in [5, 5.41) is -0.208. The number of rotatable bonds is 8. The Labute approximate surface area is 236 Å². The summed E-state index contributed by atoms with van der Waals surface area (Å²) >= 11 is 10.2. The predicted molar refractivity (Wildman–Crippen MR) is 133 cm³/mol. The van der Waals surface area contributed by atoms with Crippen LogP contribution in [0.1, 0.15) is 39.0 Å². The molecule has 4 atom stereocenters. The molecule has 1 saturated heterocycles. The summed E-state index contributed by atoms with van der Waals surface area (Å²) in [6, 6.07) is 1.18. The third-order valence-corrected chi connectivity index (χ3v) is 10.8. The van der Waals surface area contributed by atoms with Gasteiger partial charge in [0.25, 0.3) is 0 Å². The highest BCUT2D eigenvalue weighted by Crippen LogP contribution is 2.59. The number of nitrogens with two attached hydrogens (primary N) is 1. The van der Waals surface area contributed by atoms with Crippen molar-refractivity contribution in [2.75, 3.05) is 6.54 Å². The number of carbonyl (C=O) groups is 2. The molecule has 3 aliphatic rings. The molecule has 4 rings (SSSR count). The van der Waals surface area contributed by atoms with Crippen LogP contribution in [0.2, 0.25) is 5.02 Å². The quantitative estimate of drug-likeness (QED) is 0.228. The van der Waals surface area contributed by atoms with E-state index in [2.05, 4.69) is 17.9 Å². The Morgan fingerprint density at radius 1 is 1.18 bits per heavy atom. The highest BCUT2D eigenvalue weighted by molar-refractivity contribution is 7.92. The number of sulfone groups is 1. The first-order valence-corrected chi connectivity index (χ1v) is 14.6. The molecule has 2 amide bonds. The van der Waals surface area contributed by atoms with Crippen LogP contribution in [-0.2, 0) is 19.4 Å². The molecule has 0 bridgehead atoms. The number of hydrogen-bond acceptors (Lipinski definition) is 7. The van der Waals surface area contributed by atoms with Gasteiger partial charge in [-0.2, -0.15) is 39.0 Å². The SMILES string of the molecule is C[C@H](Oc1ccc(S(=O)(=O)[C@@H]2C[C@@H](C(=O)NC3(C(N)S)CC3)N(C(=O)C3(C(F)(F)F)CC3)C2)c(Cl)c1)C(F)(F)F. The Balaban J connectivity index is 1.62. The lowest BCUT2D eigenvalue weighted by Crippen LogP contribution is -2.55. The Morgan fingerprint density at radius 3 is 2.23 bits per heavy atom. The van der Waals surface area contributed by atoms with E-state index in [-0.39, 0.29) is 5.75 Å². The molecule has 0 radical (unpaired) electrons. The second-order valence-electron chi connectivity index (χ2n) is 10.4. The third kappa shape index (κ3) is 5.60. The molecule has 8 nitrogen and oxygen atoms in total. The fraction of sp³-hybridized carbons (Fsp3) is 0.652. The molecule has 17 heteroatoms. The molecule has 1 unspecified atom stereocenters. The van der Waals surface area contributed by atoms with E-state index < -0.39 is 103 Å². The average molecular weight is 638 g/mol. The van der Waals surface area contributed by atoms with Crippen LogP contribution in [0.5, 0.6) is 5.75 Å². The van der Waals surface area contributed by atoms with E-state index in [9.17, 15) is 44.3 Å². The van der Waals surface area contributed by atoms with Crippen LogP contribution in [0.4, 0.5) is 26.3 Å². The number of alkyl halides is 6. The number of amides is 2. The van der Waals surface area contributed by atoms with Crippen LogP contribution >= 0.6 is 24.2 Å². The molecule has 2 saturated carbocycles. The molecule has 3 fully saturated rings. The highest BCUT2D eigenvalue weighted by atomic mass is 35.5. The van der Waals surface area contributed by atoms with Crippen molar-refractivity contribution >= 4 is 45.9 Å². The van der Waals surface area contributed by atoms with Crippen LogP contribution in [0.3, 0.4) is 0 Å². The number of nitrogens with zero attached hydrogens (tertiary/aromatic N) is 1. The highest BCUT2D eigenvalue weighted by Gasteiger charge is 2.70. The summed E-state index contributed by atoms with van der Waals surface area (Å²) in [4.78, 5) is 26.5. The van der Waals surface area contributed by atoms with E-state index in [0.717, 1.165) is 25.1 Å². The van der Waals surface area contributed by atoms with Crippen LogP contribution in [-0.4, -0.2) is 72.3 Å². The largest absolute Gasteiger partial charge is 0.481 e. The number of nitrogens with one attached hydrogen (secondary N) is 1. The maximum absolute atomic E-state index is 13.8. The van der Waals surface area contributed by atoms with Crippen LogP contribution < -0.4 is 15.8 Å². The van der Waals surface area contributed by atoms with Gasteiger partial charge >= 0.3 is 12.4 Å². The van der Waals surface area contributed by atoms with Gasteiger partial charge in [0.2, 0.25) is 11.8 Å². The summed E-state index contributed by atoms with van der Waals surface area (Å²) in [7, 11) is -4.49. The summed E-state index contributed by atoms with van der Waals surface area (Å²) in [5.41, 5.74) is 2.17. The number of carbonyl (C=O) groups excluding carboxylic acids is 2. The number of halogens is 7. The van der Waals surface area contributed by atoms with Crippen molar-refractivity contribution in [1.29, 1.82) is 0 Å². The number of ether oxygens (including phenoxy) is 1. The fourth-order valence-electron chi connectivity index (χ4n) is 4.71. The molecule has 40 heavy (non-hydrogen) atoms. The molecule has 224 valence electrons. The monoisotopic (exact) mass is 637 g/mol. The lowest BCUT2D eigenvalue weighted by Gasteiger charge is -2.31. The van der Waals surface area contributed by atoms with Crippen molar-refractivity contribution in [3.63, 3.8) is 0 Å². The molecule has 1 aliphatic heterocycles. The Bertz CT molecular complexity index is 1300. The Morgan fingerprint density at radius 2 is 1.77 bits per heavy atom. The normalized spacial score (nSPS) is 25.2. The summed E-state index contributed by atoms with van der Waals surface area (Å²) in [6.45, 7) is 0.0184. The number of benzene rings is 1. The Kier molecular flexibility index (Phi) is 7.85. The first-order chi connectivity index (χ1) is 18.2. The van der Waals surface area contributed by atoms with Crippen molar-refractivity contribution < 1.29 is 49.1 Å². The van der Waals surface area contributed by atoms with Crippen LogP contribution in [0.15, 0.2) is 23.1 Å². The molecular formula is C23H26ClF6N3O5S2. The molecule has 1 heterocycles. The standard InChI is InChI=1S/C23H26ClF6N3O5S2/c1-11(22(25,26)27)38-12-2-3-16(14(24)8-12)40(36,37)13-9-15(17(34)32-21(6-7-21)18(31)39)33(10-13)19(35)20(4-5-20)23(28,29)30/h2-3,8,11,13,15,18,39H,4-7,9-10,31H2,1H3,(H,32,34)/t11-,13+,15-,18?/m0/s1. The van der Waals surface area contributed by atoms with E-state index in [4.69, 9.17) is 22.1 Å². The average Bonchev–Trinajstić information content (AvgIpc) is 3.74. The van der Waals surface area contributed by atoms with E-state index in [0.29, 0.717) is 17.7 Å². The van der Waals surface area contributed by atoms with E-state index >= 15 is 0 Å². The van der Waals surface area contributed by atoms with Gasteiger partial charge in [-0.1, -0.05) is 11.6 Å². The smallest absolute Gasteiger partial charge is 0.425 e. The van der Waals surface area contributed by atoms with Crippen molar-refractivity contribution in [3.8, 4) is 5.75 Å². The minimum Gasteiger partial charge on any atom is -0.481 e. The predicted octanol–water partition coefficient (Wildman–Crippen LogP) is 3.62. The van der Waals surface area contributed by atoms with Crippen molar-refractivity contribution in [2.45, 2.75) is 84.6 Å².